The molecule has 0 saturated carbocycles. The average Bonchev–Trinajstić information content (AvgIpc) is 3.01. The first-order chi connectivity index (χ1) is 7.45. The van der Waals surface area contributed by atoms with E-state index in [4.69, 9.17) is 0 Å². The summed E-state index contributed by atoms with van der Waals surface area (Å²) < 4.78 is 24.5. The summed E-state index contributed by atoms with van der Waals surface area (Å²) in [5, 5.41) is 0. The minimum absolute atomic E-state index is 0.724. The quantitative estimate of drug-likeness (QED) is 0.691. The molecule has 0 spiro atoms. The molecule has 0 radical (unpaired) electrons. The van der Waals surface area contributed by atoms with Gasteiger partial charge in [0.25, 0.3) is 0 Å². The summed E-state index contributed by atoms with van der Waals surface area (Å²) >= 11 is 3.43. The smallest absolute Gasteiger partial charge is 0.135 e. The van der Waals surface area contributed by atoms with E-state index in [0.717, 1.165) is 58.0 Å². The van der Waals surface area contributed by atoms with E-state index in [-0.39, 0.29) is 0 Å². The van der Waals surface area contributed by atoms with Gasteiger partial charge in [-0.2, -0.15) is 26.2 Å². The van der Waals surface area contributed by atoms with Gasteiger partial charge in [0.05, 0.1) is 47.6 Å². The van der Waals surface area contributed by atoms with Crippen LogP contribution in [0.25, 0.3) is 22.8 Å². The van der Waals surface area contributed by atoms with E-state index in [2.05, 4.69) is 26.2 Å². The second-order valence-corrected chi connectivity index (χ2v) is 4.19. The molecule has 9 heteroatoms. The second-order valence-electron chi connectivity index (χ2n) is 2.55. The maximum atomic E-state index is 4.19. The summed E-state index contributed by atoms with van der Waals surface area (Å²) in [5.74, 6) is 0. The van der Waals surface area contributed by atoms with E-state index >= 15 is 0 Å². The lowest BCUT2D eigenvalue weighted by Crippen LogP contribution is -1.83. The third kappa shape index (κ3) is 1.54. The van der Waals surface area contributed by atoms with E-state index < -0.39 is 0 Å². The maximum absolute atomic E-state index is 4.19. The lowest BCUT2D eigenvalue weighted by atomic mass is 10.2. The topological polar surface area (TPSA) is 77.3 Å². The molecule has 3 heterocycles. The Kier molecular flexibility index (Phi) is 2.19. The van der Waals surface area contributed by atoms with Crippen LogP contribution in [0.15, 0.2) is 12.4 Å². The Hall–Kier alpha value is -1.32. The minimum Gasteiger partial charge on any atom is -0.181 e. The van der Waals surface area contributed by atoms with Gasteiger partial charge in [0.1, 0.15) is 22.8 Å². The van der Waals surface area contributed by atoms with Crippen molar-refractivity contribution in [2.75, 3.05) is 0 Å². The molecule has 15 heavy (non-hydrogen) atoms. The summed E-state index contributed by atoms with van der Waals surface area (Å²) in [6.07, 6.45) is 3.34. The summed E-state index contributed by atoms with van der Waals surface area (Å²) in [4.78, 5) is 0. The van der Waals surface area contributed by atoms with E-state index in [9.17, 15) is 0 Å². The van der Waals surface area contributed by atoms with Crippen molar-refractivity contribution < 1.29 is 0 Å². The molecule has 0 N–H and O–H groups in total. The van der Waals surface area contributed by atoms with Crippen LogP contribution in [0, 0.1) is 0 Å². The zero-order valence-corrected chi connectivity index (χ0v) is 9.51. The SMILES string of the molecule is c1nsnc1-c1nsnc1-c1cnsn1. The van der Waals surface area contributed by atoms with Crippen molar-refractivity contribution in [2.24, 2.45) is 0 Å². The van der Waals surface area contributed by atoms with Gasteiger partial charge in [-0.05, 0) is 0 Å². The fourth-order valence-corrected chi connectivity index (χ4v) is 2.46. The lowest BCUT2D eigenvalue weighted by Gasteiger charge is -1.90. The van der Waals surface area contributed by atoms with Gasteiger partial charge < -0.3 is 0 Å². The fraction of sp³-hybridized carbons (Fsp3) is 0. The van der Waals surface area contributed by atoms with Crippen LogP contribution < -0.4 is 0 Å². The van der Waals surface area contributed by atoms with Crippen LogP contribution in [-0.2, 0) is 0 Å². The van der Waals surface area contributed by atoms with E-state index in [1.54, 1.807) is 12.4 Å². The molecule has 0 atom stereocenters. The Morgan fingerprint density at radius 2 is 1.20 bits per heavy atom. The van der Waals surface area contributed by atoms with Crippen molar-refractivity contribution >= 4 is 35.2 Å². The van der Waals surface area contributed by atoms with Crippen LogP contribution in [-0.4, -0.2) is 26.2 Å². The molecular weight excluding hydrogens is 252 g/mol. The van der Waals surface area contributed by atoms with E-state index in [1.165, 1.54) is 0 Å². The standard InChI is InChI=1S/C6H2N6S3/c1-3(9-13-7-1)5-6(12-15-11-5)4-2-8-14-10-4/h1-2H. The molecule has 3 aromatic rings. The van der Waals surface area contributed by atoms with Gasteiger partial charge >= 0.3 is 0 Å². The van der Waals surface area contributed by atoms with Crippen LogP contribution in [0.5, 0.6) is 0 Å². The Morgan fingerprint density at radius 1 is 0.667 bits per heavy atom. The largest absolute Gasteiger partial charge is 0.181 e. The molecule has 74 valence electrons. The number of hydrogen-bond donors (Lipinski definition) is 0. The van der Waals surface area contributed by atoms with Gasteiger partial charge in [0.15, 0.2) is 0 Å². The zero-order chi connectivity index (χ0) is 10.1. The highest BCUT2D eigenvalue weighted by Gasteiger charge is 2.16. The summed E-state index contributed by atoms with van der Waals surface area (Å²) in [7, 11) is 0. The highest BCUT2D eigenvalue weighted by Crippen LogP contribution is 2.27. The fourth-order valence-electron chi connectivity index (χ4n) is 1.06. The highest BCUT2D eigenvalue weighted by atomic mass is 32.1. The van der Waals surface area contributed by atoms with Gasteiger partial charge in [-0.1, -0.05) is 0 Å². The third-order valence-corrected chi connectivity index (χ3v) is 3.18. The molecule has 0 bridgehead atoms. The predicted molar refractivity (Wildman–Crippen MR) is 57.7 cm³/mol. The minimum atomic E-state index is 0.724. The average molecular weight is 254 g/mol. The van der Waals surface area contributed by atoms with Crippen LogP contribution in [0.2, 0.25) is 0 Å². The second kappa shape index (κ2) is 3.68. The normalized spacial score (nSPS) is 10.7. The molecule has 0 aliphatic carbocycles. The van der Waals surface area contributed by atoms with Crippen molar-refractivity contribution in [3.8, 4) is 22.8 Å². The number of aromatic nitrogens is 6. The first-order valence-electron chi connectivity index (χ1n) is 3.83. The molecule has 0 saturated heterocycles. The van der Waals surface area contributed by atoms with Crippen molar-refractivity contribution in [3.63, 3.8) is 0 Å². The monoisotopic (exact) mass is 254 g/mol. The molecule has 0 aliphatic heterocycles. The molecule has 0 unspecified atom stereocenters. The Morgan fingerprint density at radius 3 is 1.60 bits per heavy atom. The van der Waals surface area contributed by atoms with Gasteiger partial charge in [0, 0.05) is 0 Å². The molecule has 0 amide bonds. The summed E-state index contributed by atoms with van der Waals surface area (Å²) in [6, 6.07) is 0. The third-order valence-electron chi connectivity index (χ3n) is 1.70. The van der Waals surface area contributed by atoms with Crippen LogP contribution in [0.4, 0.5) is 0 Å². The Balaban J connectivity index is 2.15. The molecule has 3 rings (SSSR count). The van der Waals surface area contributed by atoms with Gasteiger partial charge in [-0.15, -0.1) is 0 Å². The van der Waals surface area contributed by atoms with Crippen molar-refractivity contribution in [2.45, 2.75) is 0 Å². The van der Waals surface area contributed by atoms with Crippen LogP contribution in [0.1, 0.15) is 0 Å². The lowest BCUT2D eigenvalue weighted by molar-refractivity contribution is 1.38. The first-order valence-corrected chi connectivity index (χ1v) is 6.02. The Bertz CT molecular complexity index is 492. The summed E-state index contributed by atoms with van der Waals surface area (Å²) in [5.41, 5.74) is 2.91. The van der Waals surface area contributed by atoms with Crippen molar-refractivity contribution in [1.29, 1.82) is 0 Å². The van der Waals surface area contributed by atoms with Crippen LogP contribution >= 0.6 is 35.2 Å². The van der Waals surface area contributed by atoms with Crippen molar-refractivity contribution in [1.82, 2.24) is 26.2 Å². The Labute approximate surface area is 96.6 Å². The highest BCUT2D eigenvalue weighted by molar-refractivity contribution is 7.00. The van der Waals surface area contributed by atoms with E-state index in [1.807, 2.05) is 0 Å². The van der Waals surface area contributed by atoms with Crippen molar-refractivity contribution in [3.05, 3.63) is 12.4 Å². The molecular formula is C6H2N6S3. The van der Waals surface area contributed by atoms with Crippen LogP contribution in [0.3, 0.4) is 0 Å². The maximum Gasteiger partial charge on any atom is 0.135 e. The number of hydrogen-bond acceptors (Lipinski definition) is 9. The number of nitrogens with zero attached hydrogens (tertiary/aromatic N) is 6. The summed E-state index contributed by atoms with van der Waals surface area (Å²) in [6.45, 7) is 0. The molecule has 3 aromatic heterocycles. The molecule has 0 aromatic carbocycles. The van der Waals surface area contributed by atoms with Gasteiger partial charge in [-0.3, -0.25) is 0 Å². The molecule has 0 aliphatic rings. The zero-order valence-electron chi connectivity index (χ0n) is 7.06. The van der Waals surface area contributed by atoms with Gasteiger partial charge in [-0.25, -0.2) is 0 Å². The van der Waals surface area contributed by atoms with E-state index in [0.29, 0.717) is 0 Å². The molecule has 6 nitrogen and oxygen atoms in total. The predicted octanol–water partition coefficient (Wildman–Crippen LogP) is 1.58. The number of rotatable bonds is 2. The molecule has 0 fully saturated rings. The first kappa shape index (κ1) is 8.95. The van der Waals surface area contributed by atoms with Gasteiger partial charge in [0.2, 0.25) is 0 Å².